The Balaban J connectivity index is 1.97. The normalized spacial score (nSPS) is 20.1. The molecule has 4 heteroatoms. The zero-order chi connectivity index (χ0) is 11.4. The number of alkyl halides is 1. The Bertz CT molecular complexity index is 328. The van der Waals surface area contributed by atoms with Gasteiger partial charge in [0.1, 0.15) is 11.6 Å². The van der Waals surface area contributed by atoms with Crippen molar-refractivity contribution in [2.75, 3.05) is 30.4 Å². The summed E-state index contributed by atoms with van der Waals surface area (Å²) in [6.45, 7) is 2.25. The lowest BCUT2D eigenvalue weighted by molar-refractivity contribution is 0.413. The number of nitrogens with zero attached hydrogens (tertiary/aromatic N) is 2. The lowest BCUT2D eigenvalue weighted by Gasteiger charge is -2.17. The molecule has 3 nitrogen and oxygen atoms in total. The number of anilines is 1. The fraction of sp³-hybridized carbons (Fsp3) is 0.583. The average Bonchev–Trinajstić information content (AvgIpc) is 2.78. The molecule has 1 saturated heterocycles. The maximum atomic E-state index is 5.10. The van der Waals surface area contributed by atoms with E-state index in [1.807, 2.05) is 12.1 Å². The summed E-state index contributed by atoms with van der Waals surface area (Å²) < 4.78 is 5.10. The molecule has 1 aliphatic heterocycles. The predicted molar refractivity (Wildman–Crippen MR) is 69.5 cm³/mol. The minimum atomic E-state index is 0.809. The third-order valence-electron chi connectivity index (χ3n) is 3.08. The number of aromatic nitrogens is 1. The second-order valence-electron chi connectivity index (χ2n) is 4.13. The van der Waals surface area contributed by atoms with Crippen molar-refractivity contribution in [1.29, 1.82) is 0 Å². The Labute approximate surface area is 105 Å². The molecule has 0 aliphatic carbocycles. The third-order valence-corrected chi connectivity index (χ3v) is 3.54. The highest BCUT2D eigenvalue weighted by molar-refractivity contribution is 9.09. The summed E-state index contributed by atoms with van der Waals surface area (Å²) in [7, 11) is 1.67. The molecule has 0 N–H and O–H groups in total. The van der Waals surface area contributed by atoms with Gasteiger partial charge in [-0.3, -0.25) is 0 Å². The van der Waals surface area contributed by atoms with Crippen molar-refractivity contribution in [3.05, 3.63) is 18.3 Å². The Kier molecular flexibility index (Phi) is 4.04. The van der Waals surface area contributed by atoms with Crippen molar-refractivity contribution >= 4 is 21.7 Å². The molecule has 2 rings (SSSR count). The van der Waals surface area contributed by atoms with Gasteiger partial charge in [-0.25, -0.2) is 4.98 Å². The van der Waals surface area contributed by atoms with Gasteiger partial charge in [0.25, 0.3) is 0 Å². The largest absolute Gasteiger partial charge is 0.495 e. The first kappa shape index (κ1) is 11.7. The van der Waals surface area contributed by atoms with E-state index in [2.05, 4.69) is 25.8 Å². The van der Waals surface area contributed by atoms with Gasteiger partial charge in [-0.2, -0.15) is 0 Å². The highest BCUT2D eigenvalue weighted by Crippen LogP contribution is 2.25. The molecule has 1 fully saturated rings. The summed E-state index contributed by atoms with van der Waals surface area (Å²) in [4.78, 5) is 6.77. The number of halogens is 1. The van der Waals surface area contributed by atoms with Crippen LogP contribution in [0.25, 0.3) is 0 Å². The predicted octanol–water partition coefficient (Wildman–Crippen LogP) is 2.70. The van der Waals surface area contributed by atoms with Gasteiger partial charge in [0, 0.05) is 18.4 Å². The Morgan fingerprint density at radius 1 is 1.56 bits per heavy atom. The van der Waals surface area contributed by atoms with Crippen molar-refractivity contribution in [1.82, 2.24) is 4.98 Å². The summed E-state index contributed by atoms with van der Waals surface area (Å²) in [5.74, 6) is 2.70. The smallest absolute Gasteiger partial charge is 0.137 e. The fourth-order valence-electron chi connectivity index (χ4n) is 2.11. The molecule has 0 amide bonds. The van der Waals surface area contributed by atoms with Gasteiger partial charge in [0.05, 0.1) is 13.3 Å². The Hall–Kier alpha value is -0.770. The summed E-state index contributed by atoms with van der Waals surface area (Å²) in [5, 5.41) is 1.10. The minimum absolute atomic E-state index is 0.809. The van der Waals surface area contributed by atoms with Crippen LogP contribution < -0.4 is 9.64 Å². The maximum absolute atomic E-state index is 5.10. The zero-order valence-electron chi connectivity index (χ0n) is 9.53. The molecular formula is C12H17BrN2O. The average molecular weight is 285 g/mol. The third kappa shape index (κ3) is 2.67. The van der Waals surface area contributed by atoms with Crippen LogP contribution in [0.3, 0.4) is 0 Å². The number of rotatable bonds is 4. The van der Waals surface area contributed by atoms with Crippen LogP contribution in [-0.2, 0) is 0 Å². The van der Waals surface area contributed by atoms with E-state index < -0.39 is 0 Å². The molecule has 88 valence electrons. The summed E-state index contributed by atoms with van der Waals surface area (Å²) in [6.07, 6.45) is 4.32. The van der Waals surface area contributed by atoms with Gasteiger partial charge >= 0.3 is 0 Å². The highest BCUT2D eigenvalue weighted by atomic mass is 79.9. The van der Waals surface area contributed by atoms with E-state index in [1.54, 1.807) is 13.3 Å². The first-order valence-electron chi connectivity index (χ1n) is 5.64. The molecular weight excluding hydrogens is 268 g/mol. The van der Waals surface area contributed by atoms with Gasteiger partial charge < -0.3 is 9.64 Å². The van der Waals surface area contributed by atoms with Crippen LogP contribution >= 0.6 is 15.9 Å². The zero-order valence-corrected chi connectivity index (χ0v) is 11.1. The number of methoxy groups -OCH3 is 1. The quantitative estimate of drug-likeness (QED) is 0.795. The van der Waals surface area contributed by atoms with Crippen LogP contribution in [0.2, 0.25) is 0 Å². The van der Waals surface area contributed by atoms with Crippen molar-refractivity contribution in [2.45, 2.75) is 12.8 Å². The highest BCUT2D eigenvalue weighted by Gasteiger charge is 2.22. The van der Waals surface area contributed by atoms with Crippen LogP contribution in [0.5, 0.6) is 5.75 Å². The van der Waals surface area contributed by atoms with Gasteiger partial charge in [-0.05, 0) is 30.9 Å². The molecule has 0 aromatic carbocycles. The maximum Gasteiger partial charge on any atom is 0.137 e. The molecule has 2 heterocycles. The van der Waals surface area contributed by atoms with E-state index in [9.17, 15) is 0 Å². The second kappa shape index (κ2) is 5.53. The lowest BCUT2D eigenvalue weighted by Crippen LogP contribution is -2.20. The molecule has 0 saturated carbocycles. The minimum Gasteiger partial charge on any atom is -0.495 e. The molecule has 1 atom stereocenters. The van der Waals surface area contributed by atoms with Crippen LogP contribution in [0, 0.1) is 5.92 Å². The topological polar surface area (TPSA) is 25.4 Å². The second-order valence-corrected chi connectivity index (χ2v) is 4.93. The number of pyridine rings is 1. The summed E-state index contributed by atoms with van der Waals surface area (Å²) in [5.41, 5.74) is 0. The fourth-order valence-corrected chi connectivity index (χ4v) is 2.76. The molecule has 0 spiro atoms. The number of ether oxygens (including phenoxy) is 1. The molecule has 1 aliphatic rings. The van der Waals surface area contributed by atoms with Gasteiger partial charge in [-0.15, -0.1) is 0 Å². The standard InChI is InChI=1S/C12H17BrN2O/c1-16-11-2-3-12(14-8-11)15-7-5-10(9-15)4-6-13/h2-3,8,10H,4-7,9H2,1H3. The molecule has 1 aromatic heterocycles. The van der Waals surface area contributed by atoms with Crippen molar-refractivity contribution in [2.24, 2.45) is 5.92 Å². The SMILES string of the molecule is COc1ccc(N2CCC(CCBr)C2)nc1. The molecule has 0 bridgehead atoms. The van der Waals surface area contributed by atoms with E-state index in [-0.39, 0.29) is 0 Å². The van der Waals surface area contributed by atoms with Crippen molar-refractivity contribution in [3.63, 3.8) is 0 Å². The first-order valence-corrected chi connectivity index (χ1v) is 6.76. The van der Waals surface area contributed by atoms with Crippen molar-refractivity contribution < 1.29 is 4.74 Å². The molecule has 1 unspecified atom stereocenters. The van der Waals surface area contributed by atoms with E-state index in [0.717, 1.165) is 35.9 Å². The monoisotopic (exact) mass is 284 g/mol. The van der Waals surface area contributed by atoms with E-state index in [0.29, 0.717) is 0 Å². The van der Waals surface area contributed by atoms with E-state index in [4.69, 9.17) is 4.74 Å². The molecule has 1 aromatic rings. The summed E-state index contributed by atoms with van der Waals surface area (Å²) >= 11 is 3.50. The van der Waals surface area contributed by atoms with E-state index in [1.165, 1.54) is 12.8 Å². The Morgan fingerprint density at radius 3 is 3.06 bits per heavy atom. The van der Waals surface area contributed by atoms with Gasteiger partial charge in [-0.1, -0.05) is 15.9 Å². The number of hydrogen-bond donors (Lipinski definition) is 0. The summed E-state index contributed by atoms with van der Waals surface area (Å²) in [6, 6.07) is 4.01. The van der Waals surface area contributed by atoms with Gasteiger partial charge in [0.15, 0.2) is 0 Å². The van der Waals surface area contributed by atoms with Gasteiger partial charge in [0.2, 0.25) is 0 Å². The molecule has 0 radical (unpaired) electrons. The van der Waals surface area contributed by atoms with Crippen molar-refractivity contribution in [3.8, 4) is 5.75 Å². The van der Waals surface area contributed by atoms with Crippen LogP contribution in [0.15, 0.2) is 18.3 Å². The van der Waals surface area contributed by atoms with Crippen LogP contribution in [0.1, 0.15) is 12.8 Å². The number of hydrogen-bond acceptors (Lipinski definition) is 3. The Morgan fingerprint density at radius 2 is 2.44 bits per heavy atom. The van der Waals surface area contributed by atoms with E-state index >= 15 is 0 Å². The van der Waals surface area contributed by atoms with Crippen LogP contribution in [0.4, 0.5) is 5.82 Å². The van der Waals surface area contributed by atoms with Crippen LogP contribution in [-0.4, -0.2) is 30.5 Å². The molecule has 16 heavy (non-hydrogen) atoms. The lowest BCUT2D eigenvalue weighted by atomic mass is 10.1. The first-order chi connectivity index (χ1) is 7.83.